The molecular weight excluding hydrogens is 451 g/mol. The molecule has 160 valence electrons. The number of halogens is 2. The second kappa shape index (κ2) is 8.37. The molecule has 2 fully saturated rings. The Labute approximate surface area is 183 Å². The van der Waals surface area contributed by atoms with E-state index in [0.717, 1.165) is 23.3 Å². The number of nitrogens with one attached hydrogen (secondary N) is 2. The Kier molecular flexibility index (Phi) is 5.98. The van der Waals surface area contributed by atoms with E-state index in [-0.39, 0.29) is 16.7 Å². The van der Waals surface area contributed by atoms with Crippen LogP contribution in [-0.2, 0) is 20.6 Å². The Morgan fingerprint density at radius 2 is 1.90 bits per heavy atom. The predicted octanol–water partition coefficient (Wildman–Crippen LogP) is 3.56. The van der Waals surface area contributed by atoms with Crippen LogP contribution in [0.5, 0.6) is 5.75 Å². The van der Waals surface area contributed by atoms with Gasteiger partial charge in [-0.05, 0) is 49.2 Å². The van der Waals surface area contributed by atoms with Crippen molar-refractivity contribution in [2.24, 2.45) is 0 Å². The number of thioether (sulfide) groups is 1. The van der Waals surface area contributed by atoms with Gasteiger partial charge in [0.1, 0.15) is 23.2 Å². The standard InChI is InChI=1S/C20H20ClFN2O4S2/c21-14-2-1-13(18(22)9-14)12-30(26,27)24-20(7-8-20)19(25)23-15-3-5-16(6-4-15)28-17-10-29-11-17/h1-6,9,17,24H,7-8,10-12H2,(H,23,25). The van der Waals surface area contributed by atoms with Crippen molar-refractivity contribution in [3.05, 3.63) is 58.9 Å². The van der Waals surface area contributed by atoms with Gasteiger partial charge in [-0.1, -0.05) is 17.7 Å². The lowest BCUT2D eigenvalue weighted by molar-refractivity contribution is -0.118. The highest BCUT2D eigenvalue weighted by Gasteiger charge is 2.52. The van der Waals surface area contributed by atoms with Crippen molar-refractivity contribution in [2.75, 3.05) is 16.8 Å². The van der Waals surface area contributed by atoms with Crippen LogP contribution in [0, 0.1) is 5.82 Å². The first-order chi connectivity index (χ1) is 14.2. The van der Waals surface area contributed by atoms with Crippen LogP contribution in [0.15, 0.2) is 42.5 Å². The minimum absolute atomic E-state index is 0.0106. The van der Waals surface area contributed by atoms with Crippen LogP contribution < -0.4 is 14.8 Å². The third-order valence-corrected chi connectivity index (χ3v) is 7.76. The Balaban J connectivity index is 1.37. The SMILES string of the molecule is O=C(Nc1ccc(OC2CSC2)cc1)C1(NS(=O)(=O)Cc2ccc(Cl)cc2F)CC1. The van der Waals surface area contributed by atoms with Crippen molar-refractivity contribution in [3.8, 4) is 5.75 Å². The van der Waals surface area contributed by atoms with Crippen LogP contribution in [-0.4, -0.2) is 37.5 Å². The van der Waals surface area contributed by atoms with E-state index in [1.807, 2.05) is 11.8 Å². The van der Waals surface area contributed by atoms with Gasteiger partial charge in [0.25, 0.3) is 0 Å². The van der Waals surface area contributed by atoms with E-state index in [0.29, 0.717) is 18.5 Å². The molecule has 2 aromatic carbocycles. The van der Waals surface area contributed by atoms with Crippen molar-refractivity contribution in [3.63, 3.8) is 0 Å². The summed E-state index contributed by atoms with van der Waals surface area (Å²) < 4.78 is 47.2. The molecule has 30 heavy (non-hydrogen) atoms. The van der Waals surface area contributed by atoms with Crippen molar-refractivity contribution >= 4 is 45.0 Å². The quantitative estimate of drug-likeness (QED) is 0.616. The Hall–Kier alpha value is -1.81. The molecule has 0 atom stereocenters. The lowest BCUT2D eigenvalue weighted by Crippen LogP contribution is -2.46. The molecule has 1 saturated carbocycles. The summed E-state index contributed by atoms with van der Waals surface area (Å²) >= 11 is 7.53. The minimum Gasteiger partial charge on any atom is -0.489 e. The van der Waals surface area contributed by atoms with E-state index >= 15 is 0 Å². The first-order valence-electron chi connectivity index (χ1n) is 9.36. The van der Waals surface area contributed by atoms with Crippen LogP contribution in [0.4, 0.5) is 10.1 Å². The summed E-state index contributed by atoms with van der Waals surface area (Å²) in [4.78, 5) is 12.7. The number of anilines is 1. The smallest absolute Gasteiger partial charge is 0.245 e. The third-order valence-electron chi connectivity index (χ3n) is 4.92. The molecular formula is C20H20ClFN2O4S2. The first-order valence-corrected chi connectivity index (χ1v) is 12.5. The molecule has 4 rings (SSSR count). The molecule has 1 heterocycles. The molecule has 1 aliphatic carbocycles. The van der Waals surface area contributed by atoms with E-state index in [1.54, 1.807) is 24.3 Å². The molecule has 6 nitrogen and oxygen atoms in total. The topological polar surface area (TPSA) is 84.5 Å². The maximum Gasteiger partial charge on any atom is 0.245 e. The summed E-state index contributed by atoms with van der Waals surface area (Å²) in [6.45, 7) is 0. The summed E-state index contributed by atoms with van der Waals surface area (Å²) in [6.07, 6.45) is 0.980. The number of benzene rings is 2. The summed E-state index contributed by atoms with van der Waals surface area (Å²) in [5.74, 6) is 0.959. The summed E-state index contributed by atoms with van der Waals surface area (Å²) in [5.41, 5.74) is -0.673. The molecule has 2 N–H and O–H groups in total. The Morgan fingerprint density at radius 3 is 2.47 bits per heavy atom. The van der Waals surface area contributed by atoms with Crippen molar-refractivity contribution < 1.29 is 22.3 Å². The van der Waals surface area contributed by atoms with E-state index in [9.17, 15) is 17.6 Å². The molecule has 10 heteroatoms. The van der Waals surface area contributed by atoms with Gasteiger partial charge >= 0.3 is 0 Å². The van der Waals surface area contributed by atoms with Gasteiger partial charge in [-0.3, -0.25) is 4.79 Å². The second-order valence-electron chi connectivity index (χ2n) is 7.43. The number of carbonyl (C=O) groups excluding carboxylic acids is 1. The van der Waals surface area contributed by atoms with Gasteiger partial charge in [0.2, 0.25) is 15.9 Å². The van der Waals surface area contributed by atoms with Crippen LogP contribution in [0.3, 0.4) is 0 Å². The van der Waals surface area contributed by atoms with E-state index < -0.39 is 33.0 Å². The van der Waals surface area contributed by atoms with E-state index in [1.165, 1.54) is 12.1 Å². The first kappa shape index (κ1) is 21.4. The molecule has 0 unspecified atom stereocenters. The van der Waals surface area contributed by atoms with Crippen LogP contribution in [0.2, 0.25) is 5.02 Å². The summed E-state index contributed by atoms with van der Waals surface area (Å²) in [7, 11) is -3.94. The lowest BCUT2D eigenvalue weighted by Gasteiger charge is -2.25. The average molecular weight is 471 g/mol. The van der Waals surface area contributed by atoms with Gasteiger partial charge < -0.3 is 10.1 Å². The molecule has 0 radical (unpaired) electrons. The molecule has 2 aromatic rings. The molecule has 1 saturated heterocycles. The molecule has 1 aliphatic heterocycles. The zero-order valence-electron chi connectivity index (χ0n) is 15.9. The Morgan fingerprint density at radius 1 is 1.20 bits per heavy atom. The van der Waals surface area contributed by atoms with E-state index in [4.69, 9.17) is 16.3 Å². The van der Waals surface area contributed by atoms with Gasteiger partial charge in [0.05, 0.1) is 5.75 Å². The number of hydrogen-bond acceptors (Lipinski definition) is 5. The highest BCUT2D eigenvalue weighted by atomic mass is 35.5. The number of amides is 1. The molecule has 0 aromatic heterocycles. The zero-order valence-corrected chi connectivity index (χ0v) is 18.2. The molecule has 0 spiro atoms. The molecule has 0 bridgehead atoms. The highest BCUT2D eigenvalue weighted by molar-refractivity contribution is 8.00. The van der Waals surface area contributed by atoms with E-state index in [2.05, 4.69) is 10.0 Å². The number of hydrogen-bond donors (Lipinski definition) is 2. The molecule has 2 aliphatic rings. The fourth-order valence-corrected chi connectivity index (χ4v) is 5.35. The number of sulfonamides is 1. The largest absolute Gasteiger partial charge is 0.489 e. The fourth-order valence-electron chi connectivity index (χ4n) is 3.02. The van der Waals surface area contributed by atoms with Gasteiger partial charge in [0.15, 0.2) is 0 Å². The fraction of sp³-hybridized carbons (Fsp3) is 0.350. The number of rotatable bonds is 8. The maximum absolute atomic E-state index is 13.9. The highest BCUT2D eigenvalue weighted by Crippen LogP contribution is 2.38. The van der Waals surface area contributed by atoms with Crippen LogP contribution in [0.25, 0.3) is 0 Å². The van der Waals surface area contributed by atoms with Crippen molar-refractivity contribution in [1.82, 2.24) is 4.72 Å². The van der Waals surface area contributed by atoms with Crippen molar-refractivity contribution in [2.45, 2.75) is 30.2 Å². The summed E-state index contributed by atoms with van der Waals surface area (Å²) in [5, 5.41) is 2.92. The molecule has 1 amide bonds. The lowest BCUT2D eigenvalue weighted by atomic mass is 10.2. The Bertz CT molecular complexity index is 1050. The van der Waals surface area contributed by atoms with Gasteiger partial charge in [0, 0.05) is 27.8 Å². The summed E-state index contributed by atoms with van der Waals surface area (Å²) in [6, 6.07) is 10.8. The van der Waals surface area contributed by atoms with Crippen molar-refractivity contribution in [1.29, 1.82) is 0 Å². The van der Waals surface area contributed by atoms with Crippen LogP contribution in [0.1, 0.15) is 18.4 Å². The number of carbonyl (C=O) groups is 1. The van der Waals surface area contributed by atoms with Gasteiger partial charge in [-0.2, -0.15) is 16.5 Å². The average Bonchev–Trinajstić information content (AvgIpc) is 3.42. The predicted molar refractivity (Wildman–Crippen MR) is 116 cm³/mol. The zero-order chi connectivity index (χ0) is 21.4. The van der Waals surface area contributed by atoms with Gasteiger partial charge in [-0.25, -0.2) is 12.8 Å². The number of ether oxygens (including phenoxy) is 1. The maximum atomic E-state index is 13.9. The second-order valence-corrected chi connectivity index (χ2v) is 10.7. The third kappa shape index (κ3) is 5.08. The monoisotopic (exact) mass is 470 g/mol. The van der Waals surface area contributed by atoms with Crippen LogP contribution >= 0.6 is 23.4 Å². The normalized spacial score (nSPS) is 17.8. The minimum atomic E-state index is -3.94. The van der Waals surface area contributed by atoms with Gasteiger partial charge in [-0.15, -0.1) is 0 Å².